The van der Waals surface area contributed by atoms with Crippen molar-refractivity contribution in [2.45, 2.75) is 17.4 Å². The van der Waals surface area contributed by atoms with Gasteiger partial charge >= 0.3 is 0 Å². The van der Waals surface area contributed by atoms with Crippen LogP contribution < -0.4 is 9.62 Å². The standard InChI is InChI=1S/C16H14ClFN2O3S/c17-11-1-5-14(6-2-11)20-10-13(9-16(20)21)19-24(22,23)15-7-3-12(18)4-8-15/h1-8,13,19H,9-10H2/t13-/m1/s1. The number of carbonyl (C=O) groups excluding carboxylic acids is 1. The van der Waals surface area contributed by atoms with Crippen LogP contribution in [0.5, 0.6) is 0 Å². The van der Waals surface area contributed by atoms with Gasteiger partial charge in [0.1, 0.15) is 5.82 Å². The highest BCUT2D eigenvalue weighted by Crippen LogP contribution is 2.24. The first-order valence-corrected chi connectivity index (χ1v) is 9.05. The van der Waals surface area contributed by atoms with Crippen LogP contribution in [-0.4, -0.2) is 26.9 Å². The quantitative estimate of drug-likeness (QED) is 0.902. The van der Waals surface area contributed by atoms with Gasteiger partial charge in [0, 0.05) is 29.7 Å². The van der Waals surface area contributed by atoms with E-state index in [0.717, 1.165) is 12.1 Å². The highest BCUT2D eigenvalue weighted by atomic mass is 35.5. The molecular weight excluding hydrogens is 355 g/mol. The lowest BCUT2D eigenvalue weighted by molar-refractivity contribution is -0.117. The highest BCUT2D eigenvalue weighted by molar-refractivity contribution is 7.89. The van der Waals surface area contributed by atoms with Crippen LogP contribution in [-0.2, 0) is 14.8 Å². The van der Waals surface area contributed by atoms with Gasteiger partial charge < -0.3 is 4.90 Å². The lowest BCUT2D eigenvalue weighted by Crippen LogP contribution is -2.37. The molecule has 1 atom stereocenters. The first-order chi connectivity index (χ1) is 11.3. The third kappa shape index (κ3) is 3.58. The van der Waals surface area contributed by atoms with Crippen molar-refractivity contribution >= 4 is 33.2 Å². The van der Waals surface area contributed by atoms with Crippen molar-refractivity contribution < 1.29 is 17.6 Å². The number of halogens is 2. The molecule has 5 nitrogen and oxygen atoms in total. The molecule has 1 aliphatic heterocycles. The molecule has 2 aromatic carbocycles. The van der Waals surface area contributed by atoms with Crippen LogP contribution >= 0.6 is 11.6 Å². The van der Waals surface area contributed by atoms with Gasteiger partial charge in [-0.05, 0) is 48.5 Å². The molecule has 3 rings (SSSR count). The van der Waals surface area contributed by atoms with Gasteiger partial charge in [-0.2, -0.15) is 0 Å². The fourth-order valence-corrected chi connectivity index (χ4v) is 3.91. The van der Waals surface area contributed by atoms with Crippen LogP contribution in [0.25, 0.3) is 0 Å². The van der Waals surface area contributed by atoms with Crippen molar-refractivity contribution in [2.75, 3.05) is 11.4 Å². The van der Waals surface area contributed by atoms with E-state index in [2.05, 4.69) is 4.72 Å². The number of carbonyl (C=O) groups is 1. The molecule has 8 heteroatoms. The smallest absolute Gasteiger partial charge is 0.240 e. The van der Waals surface area contributed by atoms with Crippen molar-refractivity contribution in [3.63, 3.8) is 0 Å². The normalized spacial score (nSPS) is 18.2. The molecule has 2 aromatic rings. The van der Waals surface area contributed by atoms with E-state index < -0.39 is 21.9 Å². The fraction of sp³-hybridized carbons (Fsp3) is 0.188. The summed E-state index contributed by atoms with van der Waals surface area (Å²) in [6.45, 7) is 0.223. The molecule has 0 saturated carbocycles. The highest BCUT2D eigenvalue weighted by Gasteiger charge is 2.33. The molecule has 0 bridgehead atoms. The van der Waals surface area contributed by atoms with Gasteiger partial charge in [-0.3, -0.25) is 4.79 Å². The first kappa shape index (κ1) is 16.9. The monoisotopic (exact) mass is 368 g/mol. The summed E-state index contributed by atoms with van der Waals surface area (Å²) in [4.78, 5) is 13.6. The van der Waals surface area contributed by atoms with Crippen molar-refractivity contribution in [2.24, 2.45) is 0 Å². The largest absolute Gasteiger partial charge is 0.311 e. The van der Waals surface area contributed by atoms with E-state index in [1.807, 2.05) is 0 Å². The van der Waals surface area contributed by atoms with Crippen LogP contribution in [0, 0.1) is 5.82 Å². The molecule has 24 heavy (non-hydrogen) atoms. The van der Waals surface area contributed by atoms with Crippen molar-refractivity contribution in [1.82, 2.24) is 4.72 Å². The minimum Gasteiger partial charge on any atom is -0.311 e. The Morgan fingerprint density at radius 3 is 2.33 bits per heavy atom. The Balaban J connectivity index is 1.74. The Labute approximate surface area is 144 Å². The maximum atomic E-state index is 12.9. The second kappa shape index (κ2) is 6.51. The molecular formula is C16H14ClFN2O3S. The number of nitrogens with one attached hydrogen (secondary N) is 1. The number of rotatable bonds is 4. The van der Waals surface area contributed by atoms with Gasteiger partial charge in [-0.25, -0.2) is 17.5 Å². The predicted molar refractivity (Wildman–Crippen MR) is 88.9 cm³/mol. The molecule has 1 aliphatic rings. The van der Waals surface area contributed by atoms with E-state index in [1.165, 1.54) is 17.0 Å². The van der Waals surface area contributed by atoms with Gasteiger partial charge in [0.2, 0.25) is 15.9 Å². The number of benzene rings is 2. The minimum absolute atomic E-state index is 0.0405. The summed E-state index contributed by atoms with van der Waals surface area (Å²) >= 11 is 5.83. The van der Waals surface area contributed by atoms with Gasteiger partial charge in [-0.1, -0.05) is 11.6 Å². The zero-order valence-electron chi connectivity index (χ0n) is 12.4. The Morgan fingerprint density at radius 1 is 1.08 bits per heavy atom. The molecule has 1 heterocycles. The average Bonchev–Trinajstić information content (AvgIpc) is 2.88. The number of amides is 1. The second-order valence-corrected chi connectivity index (χ2v) is 7.61. The summed E-state index contributed by atoms with van der Waals surface area (Å²) in [5.41, 5.74) is 0.660. The van der Waals surface area contributed by atoms with Crippen LogP contribution in [0.3, 0.4) is 0 Å². The Morgan fingerprint density at radius 2 is 1.71 bits per heavy atom. The molecule has 0 aliphatic carbocycles. The van der Waals surface area contributed by atoms with Gasteiger partial charge in [0.15, 0.2) is 0 Å². The summed E-state index contributed by atoms with van der Waals surface area (Å²) in [5.74, 6) is -0.692. The summed E-state index contributed by atoms with van der Waals surface area (Å²) in [6, 6.07) is 10.7. The van der Waals surface area contributed by atoms with Crippen LogP contribution in [0.4, 0.5) is 10.1 Å². The van der Waals surface area contributed by atoms with E-state index in [-0.39, 0.29) is 23.8 Å². The summed E-state index contributed by atoms with van der Waals surface area (Å²) in [5, 5.41) is 0.555. The van der Waals surface area contributed by atoms with Crippen molar-refractivity contribution in [1.29, 1.82) is 0 Å². The molecule has 126 valence electrons. The number of sulfonamides is 1. The number of nitrogens with zero attached hydrogens (tertiary/aromatic N) is 1. The van der Waals surface area contributed by atoms with E-state index in [4.69, 9.17) is 11.6 Å². The van der Waals surface area contributed by atoms with E-state index in [1.54, 1.807) is 24.3 Å². The summed E-state index contributed by atoms with van der Waals surface area (Å²) in [7, 11) is -3.81. The molecule has 1 N–H and O–H groups in total. The zero-order chi connectivity index (χ0) is 17.3. The van der Waals surface area contributed by atoms with Crippen LogP contribution in [0.1, 0.15) is 6.42 Å². The lowest BCUT2D eigenvalue weighted by Gasteiger charge is -2.17. The molecule has 1 amide bonds. The van der Waals surface area contributed by atoms with Crippen LogP contribution in [0.15, 0.2) is 53.4 Å². The van der Waals surface area contributed by atoms with Gasteiger partial charge in [0.05, 0.1) is 4.90 Å². The Bertz CT molecular complexity index is 854. The molecule has 0 unspecified atom stereocenters. The van der Waals surface area contributed by atoms with Crippen LogP contribution in [0.2, 0.25) is 5.02 Å². The van der Waals surface area contributed by atoms with E-state index in [9.17, 15) is 17.6 Å². The maximum Gasteiger partial charge on any atom is 0.240 e. The number of hydrogen-bond acceptors (Lipinski definition) is 3. The van der Waals surface area contributed by atoms with Gasteiger partial charge in [0.25, 0.3) is 0 Å². The molecule has 1 fully saturated rings. The fourth-order valence-electron chi connectivity index (χ4n) is 2.56. The second-order valence-electron chi connectivity index (χ2n) is 5.46. The third-order valence-corrected chi connectivity index (χ3v) is 5.50. The summed E-state index contributed by atoms with van der Waals surface area (Å²) < 4.78 is 40.0. The minimum atomic E-state index is -3.81. The molecule has 0 aromatic heterocycles. The molecule has 0 radical (unpaired) electrons. The van der Waals surface area contributed by atoms with E-state index >= 15 is 0 Å². The van der Waals surface area contributed by atoms with Crippen molar-refractivity contribution in [3.05, 3.63) is 59.4 Å². The number of anilines is 1. The SMILES string of the molecule is O=C1C[C@@H](NS(=O)(=O)c2ccc(F)cc2)CN1c1ccc(Cl)cc1. The lowest BCUT2D eigenvalue weighted by atomic mass is 10.3. The zero-order valence-corrected chi connectivity index (χ0v) is 14.0. The molecule has 0 spiro atoms. The number of hydrogen-bond donors (Lipinski definition) is 1. The third-order valence-electron chi connectivity index (χ3n) is 3.71. The topological polar surface area (TPSA) is 66.5 Å². The molecule has 1 saturated heterocycles. The van der Waals surface area contributed by atoms with Crippen molar-refractivity contribution in [3.8, 4) is 0 Å². The predicted octanol–water partition coefficient (Wildman–Crippen LogP) is 2.56. The van der Waals surface area contributed by atoms with Gasteiger partial charge in [-0.15, -0.1) is 0 Å². The maximum absolute atomic E-state index is 12.9. The average molecular weight is 369 g/mol. The Hall–Kier alpha value is -1.96. The van der Waals surface area contributed by atoms with E-state index in [0.29, 0.717) is 10.7 Å². The first-order valence-electron chi connectivity index (χ1n) is 7.19. The summed E-state index contributed by atoms with van der Waals surface area (Å²) in [6.07, 6.45) is 0.0586. The Kier molecular flexibility index (Phi) is 4.58.